The first-order chi connectivity index (χ1) is 12.9. The highest BCUT2D eigenvalue weighted by Crippen LogP contribution is 2.27. The number of hydrogen-bond acceptors (Lipinski definition) is 7. The highest BCUT2D eigenvalue weighted by atomic mass is 16.6. The lowest BCUT2D eigenvalue weighted by Gasteiger charge is -2.10. The summed E-state index contributed by atoms with van der Waals surface area (Å²) in [6, 6.07) is 10.1. The third-order valence-electron chi connectivity index (χ3n) is 3.59. The van der Waals surface area contributed by atoms with Gasteiger partial charge in [-0.05, 0) is 29.8 Å². The van der Waals surface area contributed by atoms with Crippen molar-refractivity contribution in [3.63, 3.8) is 0 Å². The molecule has 9 nitrogen and oxygen atoms in total. The molecule has 0 aromatic heterocycles. The van der Waals surface area contributed by atoms with Gasteiger partial charge in [-0.1, -0.05) is 6.07 Å². The maximum atomic E-state index is 11.9. The first-order valence-electron chi connectivity index (χ1n) is 7.83. The van der Waals surface area contributed by atoms with E-state index in [0.717, 1.165) is 5.56 Å². The van der Waals surface area contributed by atoms with Crippen molar-refractivity contribution in [2.45, 2.75) is 6.54 Å². The van der Waals surface area contributed by atoms with Gasteiger partial charge in [-0.25, -0.2) is 4.79 Å². The molecule has 9 heteroatoms. The molecule has 0 aliphatic carbocycles. The van der Waals surface area contributed by atoms with E-state index in [9.17, 15) is 19.7 Å². The molecule has 142 valence electrons. The number of methoxy groups -OCH3 is 2. The number of benzene rings is 2. The van der Waals surface area contributed by atoms with E-state index < -0.39 is 23.4 Å². The van der Waals surface area contributed by atoms with Crippen LogP contribution in [0.15, 0.2) is 42.5 Å². The third kappa shape index (κ3) is 5.43. The van der Waals surface area contributed by atoms with E-state index in [1.165, 1.54) is 38.5 Å². The molecule has 0 saturated carbocycles. The molecule has 0 unspecified atom stereocenters. The summed E-state index contributed by atoms with van der Waals surface area (Å²) in [5, 5.41) is 13.2. The number of hydrogen-bond donors (Lipinski definition) is 1. The normalized spacial score (nSPS) is 10.0. The summed E-state index contributed by atoms with van der Waals surface area (Å²) >= 11 is 0. The minimum absolute atomic E-state index is 0.119. The predicted octanol–water partition coefficient (Wildman–Crippen LogP) is 2.09. The Morgan fingerprint density at radius 2 is 1.70 bits per heavy atom. The van der Waals surface area contributed by atoms with Crippen molar-refractivity contribution >= 4 is 17.6 Å². The molecule has 1 amide bonds. The van der Waals surface area contributed by atoms with Crippen molar-refractivity contribution < 1.29 is 28.7 Å². The zero-order chi connectivity index (χ0) is 19.8. The Hall–Kier alpha value is -3.62. The van der Waals surface area contributed by atoms with Gasteiger partial charge in [0, 0.05) is 18.7 Å². The molecule has 2 aromatic rings. The molecule has 0 heterocycles. The number of esters is 1. The van der Waals surface area contributed by atoms with Crippen molar-refractivity contribution in [3.8, 4) is 11.5 Å². The molecule has 0 atom stereocenters. The van der Waals surface area contributed by atoms with Crippen LogP contribution in [-0.2, 0) is 16.1 Å². The largest absolute Gasteiger partial charge is 0.493 e. The Morgan fingerprint density at radius 3 is 2.30 bits per heavy atom. The quantitative estimate of drug-likeness (QED) is 0.427. The molecule has 1 N–H and O–H groups in total. The first kappa shape index (κ1) is 19.7. The Labute approximate surface area is 155 Å². The Morgan fingerprint density at radius 1 is 1.04 bits per heavy atom. The maximum absolute atomic E-state index is 11.9. The van der Waals surface area contributed by atoms with Gasteiger partial charge in [0.2, 0.25) is 0 Å². The summed E-state index contributed by atoms with van der Waals surface area (Å²) in [7, 11) is 3.04. The van der Waals surface area contributed by atoms with E-state index in [2.05, 4.69) is 5.32 Å². The van der Waals surface area contributed by atoms with E-state index in [0.29, 0.717) is 11.5 Å². The average molecular weight is 374 g/mol. The smallest absolute Gasteiger partial charge is 0.338 e. The molecule has 2 aromatic carbocycles. The fourth-order valence-corrected chi connectivity index (χ4v) is 2.18. The summed E-state index contributed by atoms with van der Waals surface area (Å²) in [5.41, 5.74) is 0.759. The molecule has 2 rings (SSSR count). The van der Waals surface area contributed by atoms with Gasteiger partial charge in [-0.15, -0.1) is 0 Å². The summed E-state index contributed by atoms with van der Waals surface area (Å²) in [5.74, 6) is -0.121. The van der Waals surface area contributed by atoms with Crippen LogP contribution in [0.3, 0.4) is 0 Å². The van der Waals surface area contributed by atoms with Gasteiger partial charge in [-0.3, -0.25) is 14.9 Å². The van der Waals surface area contributed by atoms with Gasteiger partial charge >= 0.3 is 5.97 Å². The first-order valence-corrected chi connectivity index (χ1v) is 7.83. The molecule has 0 saturated heterocycles. The van der Waals surface area contributed by atoms with Gasteiger partial charge in [0.15, 0.2) is 18.1 Å². The summed E-state index contributed by atoms with van der Waals surface area (Å²) in [4.78, 5) is 33.7. The second kappa shape index (κ2) is 9.18. The van der Waals surface area contributed by atoms with E-state index in [-0.39, 0.29) is 17.8 Å². The number of nitro benzene ring substituents is 1. The molecule has 27 heavy (non-hydrogen) atoms. The number of amides is 1. The molecule has 0 radical (unpaired) electrons. The molecule has 0 bridgehead atoms. The minimum Gasteiger partial charge on any atom is -0.493 e. The molecule has 0 fully saturated rings. The highest BCUT2D eigenvalue weighted by molar-refractivity contribution is 5.91. The van der Waals surface area contributed by atoms with E-state index in [4.69, 9.17) is 14.2 Å². The number of carbonyl (C=O) groups is 2. The van der Waals surface area contributed by atoms with Gasteiger partial charge in [-0.2, -0.15) is 0 Å². The van der Waals surface area contributed by atoms with Crippen LogP contribution in [0.4, 0.5) is 5.69 Å². The van der Waals surface area contributed by atoms with Crippen LogP contribution in [0, 0.1) is 10.1 Å². The van der Waals surface area contributed by atoms with E-state index in [1.54, 1.807) is 18.2 Å². The number of carbonyl (C=O) groups excluding carboxylic acids is 2. The number of rotatable bonds is 8. The summed E-state index contributed by atoms with van der Waals surface area (Å²) < 4.78 is 15.2. The zero-order valence-electron chi connectivity index (χ0n) is 14.8. The Kier molecular flexibility index (Phi) is 6.70. The standard InChI is InChI=1S/C18H18N2O7/c1-25-15-8-3-12(9-16(15)26-2)10-19-17(21)11-27-18(22)13-4-6-14(7-5-13)20(23)24/h3-9H,10-11H2,1-2H3,(H,19,21). The van der Waals surface area contributed by atoms with Crippen LogP contribution in [0.1, 0.15) is 15.9 Å². The Balaban J connectivity index is 1.83. The SMILES string of the molecule is COc1ccc(CNC(=O)COC(=O)c2ccc([N+](=O)[O-])cc2)cc1OC. The van der Waals surface area contributed by atoms with Crippen LogP contribution >= 0.6 is 0 Å². The summed E-state index contributed by atoms with van der Waals surface area (Å²) in [6.45, 7) is -0.253. The van der Waals surface area contributed by atoms with Gasteiger partial charge in [0.05, 0.1) is 24.7 Å². The van der Waals surface area contributed by atoms with Gasteiger partial charge in [0.1, 0.15) is 0 Å². The molecule has 0 spiro atoms. The fraction of sp³-hybridized carbons (Fsp3) is 0.222. The second-order valence-corrected chi connectivity index (χ2v) is 5.35. The van der Waals surface area contributed by atoms with E-state index in [1.807, 2.05) is 0 Å². The summed E-state index contributed by atoms with van der Waals surface area (Å²) in [6.07, 6.45) is 0. The average Bonchev–Trinajstić information content (AvgIpc) is 2.70. The molecular weight excluding hydrogens is 356 g/mol. The zero-order valence-corrected chi connectivity index (χ0v) is 14.8. The molecular formula is C18H18N2O7. The lowest BCUT2D eigenvalue weighted by Crippen LogP contribution is -2.28. The van der Waals surface area contributed by atoms with E-state index >= 15 is 0 Å². The number of nitro groups is 1. The van der Waals surface area contributed by atoms with Crippen LogP contribution in [0.5, 0.6) is 11.5 Å². The lowest BCUT2D eigenvalue weighted by atomic mass is 10.2. The van der Waals surface area contributed by atoms with Crippen LogP contribution in [0.2, 0.25) is 0 Å². The fourth-order valence-electron chi connectivity index (χ4n) is 2.18. The van der Waals surface area contributed by atoms with Gasteiger partial charge < -0.3 is 19.5 Å². The molecule has 0 aliphatic rings. The second-order valence-electron chi connectivity index (χ2n) is 5.35. The number of non-ortho nitro benzene ring substituents is 1. The van der Waals surface area contributed by atoms with Crippen molar-refractivity contribution in [3.05, 3.63) is 63.7 Å². The van der Waals surface area contributed by atoms with Crippen molar-refractivity contribution in [2.75, 3.05) is 20.8 Å². The van der Waals surface area contributed by atoms with Crippen molar-refractivity contribution in [1.29, 1.82) is 0 Å². The monoisotopic (exact) mass is 374 g/mol. The topological polar surface area (TPSA) is 117 Å². The Bertz CT molecular complexity index is 834. The van der Waals surface area contributed by atoms with Crippen LogP contribution < -0.4 is 14.8 Å². The predicted molar refractivity (Wildman–Crippen MR) is 94.8 cm³/mol. The van der Waals surface area contributed by atoms with Crippen LogP contribution in [0.25, 0.3) is 0 Å². The highest BCUT2D eigenvalue weighted by Gasteiger charge is 2.13. The number of ether oxygens (including phenoxy) is 3. The minimum atomic E-state index is -0.744. The molecule has 0 aliphatic heterocycles. The maximum Gasteiger partial charge on any atom is 0.338 e. The number of nitrogens with one attached hydrogen (secondary N) is 1. The van der Waals surface area contributed by atoms with Gasteiger partial charge in [0.25, 0.3) is 11.6 Å². The van der Waals surface area contributed by atoms with Crippen LogP contribution in [-0.4, -0.2) is 37.6 Å². The number of nitrogens with zero attached hydrogens (tertiary/aromatic N) is 1. The third-order valence-corrected chi connectivity index (χ3v) is 3.59. The van der Waals surface area contributed by atoms with Crippen molar-refractivity contribution in [1.82, 2.24) is 5.32 Å². The van der Waals surface area contributed by atoms with Crippen molar-refractivity contribution in [2.24, 2.45) is 0 Å². The lowest BCUT2D eigenvalue weighted by molar-refractivity contribution is -0.384.